The Morgan fingerprint density at radius 2 is 2.00 bits per heavy atom. The van der Waals surface area contributed by atoms with Gasteiger partial charge in [0.05, 0.1) is 32.6 Å². The van der Waals surface area contributed by atoms with Crippen LogP contribution in [0.5, 0.6) is 0 Å². The van der Waals surface area contributed by atoms with E-state index in [2.05, 4.69) is 15.5 Å². The smallest absolute Gasteiger partial charge is 0.187 e. The van der Waals surface area contributed by atoms with E-state index < -0.39 is 9.84 Å². The number of rotatable bonds is 5. The Labute approximate surface area is 190 Å². The summed E-state index contributed by atoms with van der Waals surface area (Å²) in [4.78, 5) is 10.6. The SMILES string of the molecule is Cc1ncc(-c2ccc(S(=O)(=O)C3CCCNC3)cc2)nc1-c1cc(-c2cccs2)no1. The minimum absolute atomic E-state index is 0.339. The molecule has 1 saturated heterocycles. The van der Waals surface area contributed by atoms with Gasteiger partial charge in [0, 0.05) is 18.2 Å². The minimum Gasteiger partial charge on any atom is -0.354 e. The molecule has 0 saturated carbocycles. The first-order chi connectivity index (χ1) is 15.5. The zero-order chi connectivity index (χ0) is 22.1. The molecule has 1 aromatic carbocycles. The van der Waals surface area contributed by atoms with Crippen LogP contribution in [-0.4, -0.2) is 41.9 Å². The van der Waals surface area contributed by atoms with E-state index in [9.17, 15) is 8.42 Å². The summed E-state index contributed by atoms with van der Waals surface area (Å²) in [6.45, 7) is 3.24. The van der Waals surface area contributed by atoms with Crippen LogP contribution in [0, 0.1) is 6.92 Å². The molecule has 9 heteroatoms. The van der Waals surface area contributed by atoms with Crippen molar-refractivity contribution in [2.75, 3.05) is 13.1 Å². The third-order valence-electron chi connectivity index (χ3n) is 5.64. The molecule has 0 spiro atoms. The van der Waals surface area contributed by atoms with Crippen molar-refractivity contribution >= 4 is 21.2 Å². The fourth-order valence-electron chi connectivity index (χ4n) is 3.84. The number of aryl methyl sites for hydroxylation is 1. The summed E-state index contributed by atoms with van der Waals surface area (Å²) in [6, 6.07) is 12.7. The van der Waals surface area contributed by atoms with Gasteiger partial charge in [0.1, 0.15) is 11.4 Å². The first-order valence-corrected chi connectivity index (χ1v) is 12.8. The molecule has 5 rings (SSSR count). The van der Waals surface area contributed by atoms with Crippen LogP contribution in [0.2, 0.25) is 0 Å². The van der Waals surface area contributed by atoms with Gasteiger partial charge in [-0.2, -0.15) is 0 Å². The second-order valence-corrected chi connectivity index (χ2v) is 11.0. The summed E-state index contributed by atoms with van der Waals surface area (Å²) in [7, 11) is -3.36. The van der Waals surface area contributed by atoms with Crippen LogP contribution in [0.1, 0.15) is 18.5 Å². The van der Waals surface area contributed by atoms with Crippen molar-refractivity contribution in [2.45, 2.75) is 29.9 Å². The van der Waals surface area contributed by atoms with E-state index in [0.717, 1.165) is 34.8 Å². The fraction of sp³-hybridized carbons (Fsp3) is 0.261. The van der Waals surface area contributed by atoms with E-state index in [-0.39, 0.29) is 5.25 Å². The third-order valence-corrected chi connectivity index (χ3v) is 8.74. The van der Waals surface area contributed by atoms with Crippen molar-refractivity contribution < 1.29 is 12.9 Å². The van der Waals surface area contributed by atoms with Gasteiger partial charge < -0.3 is 9.84 Å². The fourth-order valence-corrected chi connectivity index (χ4v) is 6.23. The van der Waals surface area contributed by atoms with Crippen LogP contribution in [0.15, 0.2) is 63.5 Å². The number of thiophene rings is 1. The third kappa shape index (κ3) is 3.99. The lowest BCUT2D eigenvalue weighted by Gasteiger charge is -2.22. The van der Waals surface area contributed by atoms with Crippen LogP contribution in [-0.2, 0) is 9.84 Å². The Morgan fingerprint density at radius 3 is 2.72 bits per heavy atom. The Hall–Kier alpha value is -2.88. The van der Waals surface area contributed by atoms with E-state index in [1.807, 2.05) is 30.5 Å². The van der Waals surface area contributed by atoms with E-state index in [0.29, 0.717) is 35.0 Å². The molecule has 164 valence electrons. The molecule has 7 nitrogen and oxygen atoms in total. The molecule has 0 amide bonds. The van der Waals surface area contributed by atoms with Crippen LogP contribution in [0.3, 0.4) is 0 Å². The number of piperidine rings is 1. The topological polar surface area (TPSA) is 98.0 Å². The zero-order valence-electron chi connectivity index (χ0n) is 17.5. The predicted molar refractivity (Wildman–Crippen MR) is 124 cm³/mol. The summed E-state index contributed by atoms with van der Waals surface area (Å²) in [5, 5.41) is 8.94. The van der Waals surface area contributed by atoms with Crippen molar-refractivity contribution in [2.24, 2.45) is 0 Å². The number of nitrogens with zero attached hydrogens (tertiary/aromatic N) is 3. The van der Waals surface area contributed by atoms with Gasteiger partial charge in [-0.1, -0.05) is 23.4 Å². The number of hydrogen-bond donors (Lipinski definition) is 1. The molecule has 1 aliphatic rings. The molecule has 3 aromatic heterocycles. The quantitative estimate of drug-likeness (QED) is 0.467. The molecule has 0 bridgehead atoms. The van der Waals surface area contributed by atoms with Crippen LogP contribution >= 0.6 is 11.3 Å². The molecule has 1 aliphatic heterocycles. The van der Waals surface area contributed by atoms with Gasteiger partial charge in [0.2, 0.25) is 0 Å². The van der Waals surface area contributed by atoms with Crippen molar-refractivity contribution in [3.63, 3.8) is 0 Å². The van der Waals surface area contributed by atoms with Gasteiger partial charge in [-0.25, -0.2) is 13.4 Å². The maximum Gasteiger partial charge on any atom is 0.187 e. The van der Waals surface area contributed by atoms with Crippen LogP contribution in [0.4, 0.5) is 0 Å². The second kappa shape index (κ2) is 8.57. The molecule has 4 aromatic rings. The first kappa shape index (κ1) is 21.0. The molecule has 1 fully saturated rings. The van der Waals surface area contributed by atoms with Crippen molar-refractivity contribution in [3.8, 4) is 33.3 Å². The lowest BCUT2D eigenvalue weighted by molar-refractivity contribution is 0.433. The number of benzene rings is 1. The Kier molecular flexibility index (Phi) is 5.62. The zero-order valence-corrected chi connectivity index (χ0v) is 19.1. The second-order valence-electron chi connectivity index (χ2n) is 7.78. The first-order valence-electron chi connectivity index (χ1n) is 10.4. The Morgan fingerprint density at radius 1 is 1.16 bits per heavy atom. The highest BCUT2D eigenvalue weighted by molar-refractivity contribution is 7.92. The molecule has 1 N–H and O–H groups in total. The van der Waals surface area contributed by atoms with E-state index in [4.69, 9.17) is 9.51 Å². The number of nitrogens with one attached hydrogen (secondary N) is 1. The Balaban J connectivity index is 1.43. The molecular weight excluding hydrogens is 444 g/mol. The molecular formula is C23H22N4O3S2. The van der Waals surface area contributed by atoms with Gasteiger partial charge in [0.15, 0.2) is 15.6 Å². The van der Waals surface area contributed by atoms with Gasteiger partial charge in [-0.3, -0.25) is 4.98 Å². The lowest BCUT2D eigenvalue weighted by atomic mass is 10.1. The van der Waals surface area contributed by atoms with Gasteiger partial charge in [-0.15, -0.1) is 11.3 Å². The normalized spacial score (nSPS) is 16.8. The van der Waals surface area contributed by atoms with Crippen molar-refractivity contribution in [1.29, 1.82) is 0 Å². The molecule has 32 heavy (non-hydrogen) atoms. The molecule has 4 heterocycles. The average Bonchev–Trinajstić information content (AvgIpc) is 3.52. The van der Waals surface area contributed by atoms with Crippen molar-refractivity contribution in [1.82, 2.24) is 20.4 Å². The molecule has 0 aliphatic carbocycles. The maximum atomic E-state index is 12.9. The monoisotopic (exact) mass is 466 g/mol. The minimum atomic E-state index is -3.36. The van der Waals surface area contributed by atoms with Gasteiger partial charge >= 0.3 is 0 Å². The van der Waals surface area contributed by atoms with Crippen LogP contribution in [0.25, 0.3) is 33.3 Å². The van der Waals surface area contributed by atoms with Crippen molar-refractivity contribution in [3.05, 3.63) is 59.7 Å². The number of sulfone groups is 1. The van der Waals surface area contributed by atoms with Gasteiger partial charge in [-0.05, 0) is 49.9 Å². The standard InChI is InChI=1S/C23H22N4O3S2/c1-15-23(21-12-19(27-30-21)22-5-3-11-31-22)26-20(14-25-15)16-6-8-17(9-7-16)32(28,29)18-4-2-10-24-13-18/h3,5-9,11-12,14,18,24H,2,4,10,13H2,1H3. The highest BCUT2D eigenvalue weighted by atomic mass is 32.2. The van der Waals surface area contributed by atoms with E-state index in [1.165, 1.54) is 0 Å². The summed E-state index contributed by atoms with van der Waals surface area (Å²) in [5.74, 6) is 0.546. The maximum absolute atomic E-state index is 12.9. The van der Waals surface area contributed by atoms with E-state index >= 15 is 0 Å². The average molecular weight is 467 g/mol. The molecule has 1 unspecified atom stereocenters. The highest BCUT2D eigenvalue weighted by Crippen LogP contribution is 2.30. The molecule has 1 atom stereocenters. The highest BCUT2D eigenvalue weighted by Gasteiger charge is 2.28. The predicted octanol–water partition coefficient (Wildman–Crippen LogP) is 4.36. The summed E-state index contributed by atoms with van der Waals surface area (Å²) >= 11 is 1.59. The lowest BCUT2D eigenvalue weighted by Crippen LogP contribution is -2.38. The summed E-state index contributed by atoms with van der Waals surface area (Å²) in [5.41, 5.74) is 3.53. The van der Waals surface area contributed by atoms with Crippen LogP contribution < -0.4 is 5.32 Å². The Bertz CT molecular complexity index is 1320. The van der Waals surface area contributed by atoms with E-state index in [1.54, 1.807) is 41.8 Å². The summed E-state index contributed by atoms with van der Waals surface area (Å²) in [6.07, 6.45) is 3.25. The van der Waals surface area contributed by atoms with Gasteiger partial charge in [0.25, 0.3) is 0 Å². The number of aromatic nitrogens is 3. The molecule has 0 radical (unpaired) electrons. The summed E-state index contributed by atoms with van der Waals surface area (Å²) < 4.78 is 31.4. The largest absolute Gasteiger partial charge is 0.354 e. The number of hydrogen-bond acceptors (Lipinski definition) is 8.